The Bertz CT molecular complexity index is 532. The normalized spacial score (nSPS) is 16.8. The Hall–Kier alpha value is -2.20. The Balaban J connectivity index is 2.12. The zero-order valence-electron chi connectivity index (χ0n) is 9.83. The molecule has 1 aromatic rings. The van der Waals surface area contributed by atoms with E-state index >= 15 is 0 Å². The maximum absolute atomic E-state index is 10.7. The molecule has 1 aliphatic rings. The van der Waals surface area contributed by atoms with Gasteiger partial charge in [-0.25, -0.2) is 4.98 Å². The summed E-state index contributed by atoms with van der Waals surface area (Å²) >= 11 is 0. The molecule has 0 saturated carbocycles. The largest absolute Gasteiger partial charge is 0.385 e. The van der Waals surface area contributed by atoms with Crippen LogP contribution >= 0.6 is 0 Å². The minimum absolute atomic E-state index is 0.0217. The molecule has 1 aromatic heterocycles. The molecule has 0 atom stereocenters. The molecule has 2 heterocycles. The number of anilines is 1. The third kappa shape index (κ3) is 2.10. The van der Waals surface area contributed by atoms with Crippen molar-refractivity contribution < 1.29 is 10.0 Å². The lowest BCUT2D eigenvalue weighted by Crippen LogP contribution is -2.62. The zero-order valence-corrected chi connectivity index (χ0v) is 9.83. The molecule has 0 aromatic carbocycles. The lowest BCUT2D eigenvalue weighted by molar-refractivity contribution is -0.385. The first-order valence-electron chi connectivity index (χ1n) is 5.41. The van der Waals surface area contributed by atoms with Gasteiger partial charge in [0.1, 0.15) is 17.1 Å². The number of aliphatic hydroxyl groups is 1. The monoisotopic (exact) mass is 248 g/mol. The van der Waals surface area contributed by atoms with Crippen LogP contribution in [0.15, 0.2) is 12.1 Å². The number of rotatable bonds is 3. The van der Waals surface area contributed by atoms with Crippen LogP contribution in [-0.2, 0) is 0 Å². The van der Waals surface area contributed by atoms with E-state index in [4.69, 9.17) is 5.26 Å². The molecule has 1 fully saturated rings. The number of aromatic nitrogens is 1. The molecule has 18 heavy (non-hydrogen) atoms. The molecular weight excluding hydrogens is 236 g/mol. The van der Waals surface area contributed by atoms with Gasteiger partial charge in [-0.05, 0) is 13.0 Å². The molecule has 0 unspecified atom stereocenters. The van der Waals surface area contributed by atoms with Crippen LogP contribution in [-0.4, -0.2) is 33.7 Å². The summed E-state index contributed by atoms with van der Waals surface area (Å²) in [5, 5.41) is 29.1. The molecule has 1 aliphatic heterocycles. The molecule has 7 heteroatoms. The summed E-state index contributed by atoms with van der Waals surface area (Å²) in [4.78, 5) is 16.1. The molecule has 94 valence electrons. The van der Waals surface area contributed by atoms with E-state index in [1.165, 1.54) is 6.07 Å². The number of β-amino-alcohol motifs (C(OH)–C–C–N with tert-alkyl or cyclic N) is 1. The van der Waals surface area contributed by atoms with E-state index in [0.717, 1.165) is 0 Å². The topological polar surface area (TPSA) is 103 Å². The number of aryl methyl sites for hydroxylation is 1. The van der Waals surface area contributed by atoms with E-state index < -0.39 is 10.5 Å². The predicted octanol–water partition coefficient (Wildman–Crippen LogP) is 0.763. The molecule has 1 N–H and O–H groups in total. The summed E-state index contributed by atoms with van der Waals surface area (Å²) in [5.41, 5.74) is -0.661. The highest BCUT2D eigenvalue weighted by atomic mass is 16.6. The van der Waals surface area contributed by atoms with Gasteiger partial charge in [-0.3, -0.25) is 10.1 Å². The highest BCUT2D eigenvalue weighted by Crippen LogP contribution is 2.30. The smallest absolute Gasteiger partial charge is 0.290 e. The van der Waals surface area contributed by atoms with Gasteiger partial charge >= 0.3 is 0 Å². The number of nitriles is 1. The van der Waals surface area contributed by atoms with Gasteiger partial charge in [0.2, 0.25) is 0 Å². The highest BCUT2D eigenvalue weighted by Gasteiger charge is 2.41. The van der Waals surface area contributed by atoms with E-state index in [1.54, 1.807) is 17.9 Å². The third-order valence-electron chi connectivity index (χ3n) is 2.94. The van der Waals surface area contributed by atoms with Gasteiger partial charge in [-0.2, -0.15) is 5.26 Å². The van der Waals surface area contributed by atoms with Crippen LogP contribution in [0.3, 0.4) is 0 Å². The second-order valence-corrected chi connectivity index (χ2v) is 4.45. The first-order chi connectivity index (χ1) is 8.45. The Morgan fingerprint density at radius 2 is 2.33 bits per heavy atom. The molecular formula is C11H12N4O3. The summed E-state index contributed by atoms with van der Waals surface area (Å²) in [5.74, 6) is 0.584. The molecule has 0 spiro atoms. The van der Waals surface area contributed by atoms with Crippen LogP contribution in [0.4, 0.5) is 11.5 Å². The summed E-state index contributed by atoms with van der Waals surface area (Å²) in [7, 11) is 0. The Kier molecular flexibility index (Phi) is 2.88. The van der Waals surface area contributed by atoms with E-state index in [2.05, 4.69) is 4.98 Å². The Morgan fingerprint density at radius 3 is 2.83 bits per heavy atom. The average Bonchev–Trinajstić information content (AvgIpc) is 2.25. The van der Waals surface area contributed by atoms with Crippen molar-refractivity contribution in [3.05, 3.63) is 27.9 Å². The van der Waals surface area contributed by atoms with Gasteiger partial charge in [0.25, 0.3) is 5.69 Å². The van der Waals surface area contributed by atoms with E-state index in [-0.39, 0.29) is 12.1 Å². The summed E-state index contributed by atoms with van der Waals surface area (Å²) in [6.45, 7) is 2.22. The Morgan fingerprint density at radius 1 is 1.67 bits per heavy atom. The van der Waals surface area contributed by atoms with Crippen molar-refractivity contribution >= 4 is 11.5 Å². The minimum Gasteiger partial charge on any atom is -0.385 e. The Labute approximate surface area is 103 Å². The fourth-order valence-electron chi connectivity index (χ4n) is 1.99. The predicted molar refractivity (Wildman–Crippen MR) is 63.0 cm³/mol. The molecule has 0 radical (unpaired) electrons. The van der Waals surface area contributed by atoms with Crippen molar-refractivity contribution in [2.45, 2.75) is 18.9 Å². The fourth-order valence-corrected chi connectivity index (χ4v) is 1.99. The molecule has 0 bridgehead atoms. The lowest BCUT2D eigenvalue weighted by Gasteiger charge is -2.46. The van der Waals surface area contributed by atoms with Crippen LogP contribution in [0, 0.1) is 28.4 Å². The highest BCUT2D eigenvalue weighted by molar-refractivity contribution is 5.49. The summed E-state index contributed by atoms with van der Waals surface area (Å²) in [6, 6.07) is 4.89. The van der Waals surface area contributed by atoms with Crippen LogP contribution < -0.4 is 4.90 Å². The first kappa shape index (κ1) is 12.3. The quantitative estimate of drug-likeness (QED) is 0.625. The van der Waals surface area contributed by atoms with Gasteiger partial charge in [-0.1, -0.05) is 0 Å². The maximum atomic E-state index is 10.7. The zero-order chi connectivity index (χ0) is 13.3. The van der Waals surface area contributed by atoms with Gasteiger partial charge in [0.15, 0.2) is 0 Å². The van der Waals surface area contributed by atoms with Crippen LogP contribution in [0.25, 0.3) is 0 Å². The van der Waals surface area contributed by atoms with Crippen molar-refractivity contribution in [1.29, 1.82) is 5.26 Å². The molecule has 1 saturated heterocycles. The number of hydrogen-bond acceptors (Lipinski definition) is 6. The van der Waals surface area contributed by atoms with Crippen molar-refractivity contribution in [3.8, 4) is 6.07 Å². The van der Waals surface area contributed by atoms with Gasteiger partial charge < -0.3 is 10.0 Å². The molecule has 0 amide bonds. The molecule has 7 nitrogen and oxygen atoms in total. The summed E-state index contributed by atoms with van der Waals surface area (Å²) in [6.07, 6.45) is 0.0788. The number of pyridine rings is 1. The van der Waals surface area contributed by atoms with Crippen molar-refractivity contribution in [2.24, 2.45) is 0 Å². The third-order valence-corrected chi connectivity index (χ3v) is 2.94. The second-order valence-electron chi connectivity index (χ2n) is 4.45. The fraction of sp³-hybridized carbons (Fsp3) is 0.455. The second kappa shape index (κ2) is 4.23. The average molecular weight is 248 g/mol. The van der Waals surface area contributed by atoms with Gasteiger partial charge in [0, 0.05) is 6.07 Å². The summed E-state index contributed by atoms with van der Waals surface area (Å²) < 4.78 is 0. The number of hydrogen-bond donors (Lipinski definition) is 1. The van der Waals surface area contributed by atoms with Crippen LogP contribution in [0.1, 0.15) is 12.1 Å². The lowest BCUT2D eigenvalue weighted by atomic mass is 9.91. The van der Waals surface area contributed by atoms with Crippen LogP contribution in [0.5, 0.6) is 0 Å². The SMILES string of the molecule is Cc1nc(N2CC(O)(CC#N)C2)ccc1[N+](=O)[O-]. The maximum Gasteiger partial charge on any atom is 0.290 e. The van der Waals surface area contributed by atoms with Crippen molar-refractivity contribution in [1.82, 2.24) is 4.98 Å². The van der Waals surface area contributed by atoms with Crippen molar-refractivity contribution in [2.75, 3.05) is 18.0 Å². The number of nitro groups is 1. The first-order valence-corrected chi connectivity index (χ1v) is 5.41. The number of nitrogens with zero attached hydrogens (tertiary/aromatic N) is 4. The molecule has 0 aliphatic carbocycles. The minimum atomic E-state index is -0.980. The van der Waals surface area contributed by atoms with E-state index in [1.807, 2.05) is 6.07 Å². The van der Waals surface area contributed by atoms with Crippen molar-refractivity contribution in [3.63, 3.8) is 0 Å². The van der Waals surface area contributed by atoms with Crippen LogP contribution in [0.2, 0.25) is 0 Å². The van der Waals surface area contributed by atoms with Gasteiger partial charge in [0.05, 0.1) is 30.5 Å². The van der Waals surface area contributed by atoms with E-state index in [0.29, 0.717) is 24.6 Å². The standard InChI is InChI=1S/C11H12N4O3/c1-8-9(15(17)18)2-3-10(13-8)14-6-11(16,7-14)4-5-12/h2-3,16H,4,6-7H2,1H3. The van der Waals surface area contributed by atoms with E-state index in [9.17, 15) is 15.2 Å². The van der Waals surface area contributed by atoms with Gasteiger partial charge in [-0.15, -0.1) is 0 Å². The molecule has 2 rings (SSSR count).